The van der Waals surface area contributed by atoms with E-state index in [-0.39, 0.29) is 29.0 Å². The van der Waals surface area contributed by atoms with Gasteiger partial charge in [-0.3, -0.25) is 9.59 Å². The predicted molar refractivity (Wildman–Crippen MR) is 90.7 cm³/mol. The van der Waals surface area contributed by atoms with Crippen LogP contribution in [0.2, 0.25) is 0 Å². The molecule has 1 amide bonds. The molecule has 126 valence electrons. The molecule has 6 heteroatoms. The highest BCUT2D eigenvalue weighted by molar-refractivity contribution is 5.95. The van der Waals surface area contributed by atoms with Crippen molar-refractivity contribution >= 4 is 5.91 Å². The largest absolute Gasteiger partial charge is 0.494 e. The molecule has 1 aromatic carbocycles. The molecule has 1 saturated carbocycles. The number of methoxy groups -OCH3 is 1. The Morgan fingerprint density at radius 2 is 1.92 bits per heavy atom. The Kier molecular flexibility index (Phi) is 4.93. The van der Waals surface area contributed by atoms with Gasteiger partial charge in [-0.1, -0.05) is 37.5 Å². The van der Waals surface area contributed by atoms with E-state index in [4.69, 9.17) is 4.74 Å². The third-order valence-electron chi connectivity index (χ3n) is 4.27. The second-order valence-electron chi connectivity index (χ2n) is 5.96. The fourth-order valence-corrected chi connectivity index (χ4v) is 3.01. The first-order valence-electron chi connectivity index (χ1n) is 8.23. The maximum Gasteiger partial charge on any atom is 0.275 e. The SMILES string of the molecule is COc1cc(=O)n(-c2ccccc2)nc1C(=O)NC1CCCCC1. The van der Waals surface area contributed by atoms with Crippen molar-refractivity contribution in [3.05, 3.63) is 52.4 Å². The number of aromatic nitrogens is 2. The molecule has 3 rings (SSSR count). The van der Waals surface area contributed by atoms with Gasteiger partial charge in [-0.15, -0.1) is 0 Å². The van der Waals surface area contributed by atoms with Gasteiger partial charge in [0.1, 0.15) is 0 Å². The molecule has 1 N–H and O–H groups in total. The fourth-order valence-electron chi connectivity index (χ4n) is 3.01. The smallest absolute Gasteiger partial charge is 0.275 e. The molecule has 0 saturated heterocycles. The summed E-state index contributed by atoms with van der Waals surface area (Å²) in [5.41, 5.74) is 0.399. The minimum atomic E-state index is -0.340. The molecule has 1 aliphatic rings. The molecule has 0 radical (unpaired) electrons. The second kappa shape index (κ2) is 7.29. The Balaban J connectivity index is 1.93. The third-order valence-corrected chi connectivity index (χ3v) is 4.27. The predicted octanol–water partition coefficient (Wildman–Crippen LogP) is 2.30. The van der Waals surface area contributed by atoms with Gasteiger partial charge in [-0.2, -0.15) is 9.78 Å². The zero-order valence-electron chi connectivity index (χ0n) is 13.7. The summed E-state index contributed by atoms with van der Waals surface area (Å²) in [5.74, 6) is -0.107. The summed E-state index contributed by atoms with van der Waals surface area (Å²) in [7, 11) is 1.43. The Morgan fingerprint density at radius 1 is 1.21 bits per heavy atom. The van der Waals surface area contributed by atoms with E-state index in [2.05, 4.69) is 10.4 Å². The second-order valence-corrected chi connectivity index (χ2v) is 5.96. The zero-order chi connectivity index (χ0) is 16.9. The van der Waals surface area contributed by atoms with Crippen LogP contribution < -0.4 is 15.6 Å². The highest BCUT2D eigenvalue weighted by atomic mass is 16.5. The van der Waals surface area contributed by atoms with Crippen molar-refractivity contribution in [2.45, 2.75) is 38.1 Å². The average molecular weight is 327 g/mol. The van der Waals surface area contributed by atoms with Gasteiger partial charge in [-0.05, 0) is 25.0 Å². The van der Waals surface area contributed by atoms with Crippen LogP contribution in [-0.2, 0) is 0 Å². The van der Waals surface area contributed by atoms with Crippen molar-refractivity contribution in [2.24, 2.45) is 0 Å². The first-order valence-corrected chi connectivity index (χ1v) is 8.23. The van der Waals surface area contributed by atoms with Crippen LogP contribution in [-0.4, -0.2) is 28.8 Å². The number of hydrogen-bond acceptors (Lipinski definition) is 4. The van der Waals surface area contributed by atoms with Crippen molar-refractivity contribution in [1.82, 2.24) is 15.1 Å². The molecule has 0 atom stereocenters. The minimum Gasteiger partial charge on any atom is -0.494 e. The van der Waals surface area contributed by atoms with Crippen molar-refractivity contribution in [2.75, 3.05) is 7.11 Å². The molecule has 1 aromatic heterocycles. The summed E-state index contributed by atoms with van der Waals surface area (Å²) < 4.78 is 6.41. The molecule has 1 heterocycles. The highest BCUT2D eigenvalue weighted by Gasteiger charge is 2.22. The number of carbonyl (C=O) groups is 1. The van der Waals surface area contributed by atoms with Crippen LogP contribution in [0.4, 0.5) is 0 Å². The van der Waals surface area contributed by atoms with E-state index in [9.17, 15) is 9.59 Å². The van der Waals surface area contributed by atoms with E-state index >= 15 is 0 Å². The Hall–Kier alpha value is -2.63. The van der Waals surface area contributed by atoms with Crippen LogP contribution >= 0.6 is 0 Å². The van der Waals surface area contributed by atoms with Gasteiger partial charge < -0.3 is 10.1 Å². The van der Waals surface area contributed by atoms with Gasteiger partial charge in [0.2, 0.25) is 0 Å². The molecule has 2 aromatic rings. The molecular weight excluding hydrogens is 306 g/mol. The number of ether oxygens (including phenoxy) is 1. The molecular formula is C18H21N3O3. The summed E-state index contributed by atoms with van der Waals surface area (Å²) in [6.45, 7) is 0. The minimum absolute atomic E-state index is 0.131. The van der Waals surface area contributed by atoms with E-state index in [1.54, 1.807) is 12.1 Å². The quantitative estimate of drug-likeness (QED) is 0.935. The van der Waals surface area contributed by atoms with Crippen molar-refractivity contribution in [1.29, 1.82) is 0 Å². The van der Waals surface area contributed by atoms with Gasteiger partial charge >= 0.3 is 0 Å². The first-order chi connectivity index (χ1) is 11.7. The number of amides is 1. The van der Waals surface area contributed by atoms with E-state index < -0.39 is 0 Å². The number of nitrogens with zero attached hydrogens (tertiary/aromatic N) is 2. The summed E-state index contributed by atoms with van der Waals surface area (Å²) in [4.78, 5) is 24.9. The molecule has 0 unspecified atom stereocenters. The van der Waals surface area contributed by atoms with Gasteiger partial charge in [0.15, 0.2) is 11.4 Å². The molecule has 0 spiro atoms. The van der Waals surface area contributed by atoms with Crippen LogP contribution in [0.25, 0.3) is 5.69 Å². The molecule has 1 fully saturated rings. The summed E-state index contributed by atoms with van der Waals surface area (Å²) >= 11 is 0. The van der Waals surface area contributed by atoms with Crippen molar-refractivity contribution < 1.29 is 9.53 Å². The van der Waals surface area contributed by atoms with Crippen LogP contribution in [0.3, 0.4) is 0 Å². The third kappa shape index (κ3) is 3.48. The lowest BCUT2D eigenvalue weighted by Crippen LogP contribution is -2.38. The number of para-hydroxylation sites is 1. The Bertz CT molecular complexity index is 765. The highest BCUT2D eigenvalue weighted by Crippen LogP contribution is 2.19. The maximum atomic E-state index is 12.6. The maximum absolute atomic E-state index is 12.6. The Labute approximate surface area is 140 Å². The topological polar surface area (TPSA) is 73.2 Å². The van der Waals surface area contributed by atoms with Crippen molar-refractivity contribution in [3.63, 3.8) is 0 Å². The molecule has 0 aliphatic heterocycles. The van der Waals surface area contributed by atoms with E-state index in [1.807, 2.05) is 18.2 Å². The fraction of sp³-hybridized carbons (Fsp3) is 0.389. The normalized spacial score (nSPS) is 15.0. The number of rotatable bonds is 4. The van der Waals surface area contributed by atoms with Gasteiger partial charge in [0, 0.05) is 6.04 Å². The zero-order valence-corrected chi connectivity index (χ0v) is 13.7. The van der Waals surface area contributed by atoms with E-state index in [1.165, 1.54) is 24.3 Å². The van der Waals surface area contributed by atoms with E-state index in [0.29, 0.717) is 5.69 Å². The molecule has 24 heavy (non-hydrogen) atoms. The number of benzene rings is 1. The van der Waals surface area contributed by atoms with E-state index in [0.717, 1.165) is 25.7 Å². The molecule has 0 bridgehead atoms. The summed E-state index contributed by atoms with van der Waals surface area (Å²) in [5, 5.41) is 7.26. The first kappa shape index (κ1) is 16.2. The summed E-state index contributed by atoms with van der Waals surface area (Å²) in [6.07, 6.45) is 5.42. The van der Waals surface area contributed by atoms with Crippen LogP contribution in [0.15, 0.2) is 41.2 Å². The van der Waals surface area contributed by atoms with Crippen LogP contribution in [0.5, 0.6) is 5.75 Å². The van der Waals surface area contributed by atoms with Crippen LogP contribution in [0, 0.1) is 0 Å². The molecule has 6 nitrogen and oxygen atoms in total. The van der Waals surface area contributed by atoms with Crippen LogP contribution in [0.1, 0.15) is 42.6 Å². The lowest BCUT2D eigenvalue weighted by Gasteiger charge is -2.23. The van der Waals surface area contributed by atoms with Crippen molar-refractivity contribution in [3.8, 4) is 11.4 Å². The van der Waals surface area contributed by atoms with Gasteiger partial charge in [0.25, 0.3) is 11.5 Å². The lowest BCUT2D eigenvalue weighted by atomic mass is 9.95. The monoisotopic (exact) mass is 327 g/mol. The number of nitrogens with one attached hydrogen (secondary N) is 1. The average Bonchev–Trinajstić information content (AvgIpc) is 2.63. The molecule has 1 aliphatic carbocycles. The van der Waals surface area contributed by atoms with Gasteiger partial charge in [0.05, 0.1) is 18.9 Å². The number of carbonyl (C=O) groups excluding carboxylic acids is 1. The Morgan fingerprint density at radius 3 is 2.58 bits per heavy atom. The lowest BCUT2D eigenvalue weighted by molar-refractivity contribution is 0.0917. The van der Waals surface area contributed by atoms with Gasteiger partial charge in [-0.25, -0.2) is 0 Å². The number of hydrogen-bond donors (Lipinski definition) is 1. The standard InChI is InChI=1S/C18H21N3O3/c1-24-15-12-16(22)21(14-10-6-3-7-11-14)20-17(15)18(23)19-13-8-4-2-5-9-13/h3,6-7,10-13H,2,4-5,8-9H2,1H3,(H,19,23). The summed E-state index contributed by atoms with van der Waals surface area (Å²) in [6, 6.07) is 10.5.